The zero-order valence-electron chi connectivity index (χ0n) is 18.3. The van der Waals surface area contributed by atoms with Gasteiger partial charge in [0.2, 0.25) is 16.7 Å². The van der Waals surface area contributed by atoms with Crippen molar-refractivity contribution in [2.75, 3.05) is 27.4 Å². The lowest BCUT2D eigenvalue weighted by Crippen LogP contribution is -2.51. The Hall–Kier alpha value is -3.79. The quantitative estimate of drug-likeness (QED) is 0.583. The van der Waals surface area contributed by atoms with Crippen LogP contribution in [0.5, 0.6) is 0 Å². The Bertz CT molecular complexity index is 1400. The summed E-state index contributed by atoms with van der Waals surface area (Å²) in [5, 5.41) is 2.29. The van der Waals surface area contributed by atoms with Crippen molar-refractivity contribution >= 4 is 46.5 Å². The van der Waals surface area contributed by atoms with E-state index in [1.54, 1.807) is 24.3 Å². The van der Waals surface area contributed by atoms with Crippen LogP contribution in [0.2, 0.25) is 0 Å². The molecule has 35 heavy (non-hydrogen) atoms. The van der Waals surface area contributed by atoms with Gasteiger partial charge in [-0.2, -0.15) is 0 Å². The van der Waals surface area contributed by atoms with Crippen molar-refractivity contribution in [2.24, 2.45) is 0 Å². The molecule has 3 amide bonds. The maximum absolute atomic E-state index is 14.0. The Morgan fingerprint density at radius 3 is 2.57 bits per heavy atom. The van der Waals surface area contributed by atoms with Crippen molar-refractivity contribution in [1.82, 2.24) is 0 Å². The molecular formula is C25H18F3N3O3S. The summed E-state index contributed by atoms with van der Waals surface area (Å²) in [6, 6.07) is 13.2. The third-order valence-electron chi connectivity index (χ3n) is 5.88. The van der Waals surface area contributed by atoms with Gasteiger partial charge in [-0.15, -0.1) is 11.8 Å². The second kappa shape index (κ2) is 8.46. The number of hydrogen-bond acceptors (Lipinski definition) is 4. The summed E-state index contributed by atoms with van der Waals surface area (Å²) in [4.78, 5) is 40.6. The number of fused-ring (bicyclic) bond motifs is 2. The van der Waals surface area contributed by atoms with Crippen LogP contribution in [0.4, 0.5) is 30.2 Å². The first-order chi connectivity index (χ1) is 16.7. The van der Waals surface area contributed by atoms with E-state index in [4.69, 9.17) is 0 Å². The molecule has 2 aliphatic rings. The topological polar surface area (TPSA) is 69.7 Å². The first kappa shape index (κ1) is 23.0. The zero-order chi connectivity index (χ0) is 24.9. The molecule has 5 rings (SSSR count). The molecule has 6 nitrogen and oxygen atoms in total. The minimum atomic E-state index is -1.53. The number of halogens is 3. The lowest BCUT2D eigenvalue weighted by molar-refractivity contribution is -0.124. The average Bonchev–Trinajstić information content (AvgIpc) is 3.27. The fourth-order valence-corrected chi connectivity index (χ4v) is 5.77. The highest BCUT2D eigenvalue weighted by Crippen LogP contribution is 2.55. The van der Waals surface area contributed by atoms with Crippen molar-refractivity contribution in [1.29, 1.82) is 0 Å². The molecule has 1 spiro atoms. The van der Waals surface area contributed by atoms with Gasteiger partial charge in [0.15, 0.2) is 0 Å². The number of benzene rings is 3. The van der Waals surface area contributed by atoms with E-state index in [1.807, 2.05) is 6.92 Å². The van der Waals surface area contributed by atoms with Crippen LogP contribution in [-0.4, -0.2) is 30.0 Å². The minimum absolute atomic E-state index is 0.0236. The smallest absolute Gasteiger partial charge is 0.269 e. The van der Waals surface area contributed by atoms with Gasteiger partial charge in [-0.25, -0.2) is 13.2 Å². The molecule has 0 radical (unpaired) electrons. The van der Waals surface area contributed by atoms with Gasteiger partial charge < -0.3 is 5.32 Å². The number of nitrogens with zero attached hydrogens (tertiary/aromatic N) is 2. The number of hydrogen-bond donors (Lipinski definition) is 1. The Labute approximate surface area is 202 Å². The SMILES string of the molecule is Cc1ccc2c(c1)C1(SCC(=O)N1c1cccc(F)c1)C(=O)N2CC(=O)Nc1cc(F)ccc1F. The molecule has 0 aromatic heterocycles. The first-order valence-electron chi connectivity index (χ1n) is 10.6. The normalized spacial score (nSPS) is 19.0. The van der Waals surface area contributed by atoms with E-state index in [1.165, 1.54) is 28.0 Å². The van der Waals surface area contributed by atoms with Crippen LogP contribution in [-0.2, 0) is 19.3 Å². The van der Waals surface area contributed by atoms with Gasteiger partial charge in [0.05, 0.1) is 17.1 Å². The third kappa shape index (κ3) is 3.74. The van der Waals surface area contributed by atoms with Gasteiger partial charge in [-0.1, -0.05) is 23.8 Å². The van der Waals surface area contributed by atoms with Crippen molar-refractivity contribution in [3.8, 4) is 0 Å². The molecule has 1 saturated heterocycles. The van der Waals surface area contributed by atoms with E-state index in [0.717, 1.165) is 35.5 Å². The van der Waals surface area contributed by atoms with Gasteiger partial charge in [0.1, 0.15) is 24.0 Å². The van der Waals surface area contributed by atoms with Gasteiger partial charge in [0, 0.05) is 17.3 Å². The molecule has 1 atom stereocenters. The molecule has 178 valence electrons. The second-order valence-corrected chi connectivity index (χ2v) is 9.39. The molecule has 2 heterocycles. The number of nitrogens with one attached hydrogen (secondary N) is 1. The van der Waals surface area contributed by atoms with Gasteiger partial charge in [-0.3, -0.25) is 24.2 Å². The molecular weight excluding hydrogens is 479 g/mol. The van der Waals surface area contributed by atoms with Crippen molar-refractivity contribution in [3.63, 3.8) is 0 Å². The summed E-state index contributed by atoms with van der Waals surface area (Å²) >= 11 is 1.09. The highest BCUT2D eigenvalue weighted by atomic mass is 32.2. The highest BCUT2D eigenvalue weighted by Gasteiger charge is 2.61. The minimum Gasteiger partial charge on any atom is -0.322 e. The number of anilines is 3. The van der Waals surface area contributed by atoms with Crippen LogP contribution in [0.1, 0.15) is 11.1 Å². The van der Waals surface area contributed by atoms with Gasteiger partial charge >= 0.3 is 0 Å². The number of carbonyl (C=O) groups excluding carboxylic acids is 3. The number of amides is 3. The highest BCUT2D eigenvalue weighted by molar-refractivity contribution is 8.02. The predicted molar refractivity (Wildman–Crippen MR) is 127 cm³/mol. The lowest BCUT2D eigenvalue weighted by atomic mass is 10.0. The average molecular weight is 497 g/mol. The van der Waals surface area contributed by atoms with Crippen LogP contribution >= 0.6 is 11.8 Å². The van der Waals surface area contributed by atoms with Gasteiger partial charge in [0.25, 0.3) is 5.91 Å². The molecule has 2 aliphatic heterocycles. The summed E-state index contributed by atoms with van der Waals surface area (Å²) < 4.78 is 41.6. The van der Waals surface area contributed by atoms with Crippen molar-refractivity contribution in [3.05, 3.63) is 89.2 Å². The maximum Gasteiger partial charge on any atom is 0.269 e. The molecule has 0 aliphatic carbocycles. The molecule has 1 N–H and O–H groups in total. The zero-order valence-corrected chi connectivity index (χ0v) is 19.2. The van der Waals surface area contributed by atoms with E-state index in [-0.39, 0.29) is 23.0 Å². The predicted octanol–water partition coefficient (Wildman–Crippen LogP) is 4.33. The maximum atomic E-state index is 14.0. The van der Waals surface area contributed by atoms with Crippen LogP contribution in [0.3, 0.4) is 0 Å². The molecule has 0 saturated carbocycles. The molecule has 10 heteroatoms. The van der Waals surface area contributed by atoms with Crippen LogP contribution in [0.25, 0.3) is 0 Å². The fourth-order valence-electron chi connectivity index (χ4n) is 4.42. The lowest BCUT2D eigenvalue weighted by Gasteiger charge is -2.33. The third-order valence-corrected chi connectivity index (χ3v) is 7.27. The van der Waals surface area contributed by atoms with Crippen LogP contribution < -0.4 is 15.1 Å². The summed E-state index contributed by atoms with van der Waals surface area (Å²) in [6.07, 6.45) is 0. The van der Waals surface area contributed by atoms with E-state index >= 15 is 0 Å². The summed E-state index contributed by atoms with van der Waals surface area (Å²) in [7, 11) is 0. The summed E-state index contributed by atoms with van der Waals surface area (Å²) in [5.41, 5.74) is 1.58. The Balaban J connectivity index is 1.55. The number of rotatable bonds is 4. The molecule has 3 aromatic rings. The summed E-state index contributed by atoms with van der Waals surface area (Å²) in [6.45, 7) is 1.33. The van der Waals surface area contributed by atoms with E-state index in [2.05, 4.69) is 5.32 Å². The number of thioether (sulfide) groups is 1. The molecule has 1 unspecified atom stereocenters. The summed E-state index contributed by atoms with van der Waals surface area (Å²) in [5.74, 6) is -3.84. The number of aryl methyl sites for hydroxylation is 1. The monoisotopic (exact) mass is 497 g/mol. The Morgan fingerprint density at radius 2 is 1.80 bits per heavy atom. The largest absolute Gasteiger partial charge is 0.322 e. The Morgan fingerprint density at radius 1 is 1.03 bits per heavy atom. The van der Waals surface area contributed by atoms with Gasteiger partial charge in [-0.05, 0) is 43.3 Å². The van der Waals surface area contributed by atoms with Crippen molar-refractivity contribution in [2.45, 2.75) is 11.8 Å². The number of carbonyl (C=O) groups is 3. The second-order valence-electron chi connectivity index (χ2n) is 8.23. The van der Waals surface area contributed by atoms with E-state index in [9.17, 15) is 27.6 Å². The molecule has 0 bridgehead atoms. The Kier molecular flexibility index (Phi) is 5.55. The standard InChI is InChI=1S/C25H18F3N3O3S/c1-14-5-8-21-18(9-14)25(31(23(33)13-35-25)17-4-2-3-15(26)10-17)24(34)30(21)12-22(32)29-20-11-16(27)6-7-19(20)28/h2-11H,12-13H2,1H3,(H,29,32). The first-order valence-corrected chi connectivity index (χ1v) is 11.6. The van der Waals surface area contributed by atoms with Crippen molar-refractivity contribution < 1.29 is 27.6 Å². The van der Waals surface area contributed by atoms with E-state index < -0.39 is 40.7 Å². The van der Waals surface area contributed by atoms with Crippen LogP contribution in [0, 0.1) is 24.4 Å². The van der Waals surface area contributed by atoms with Crippen LogP contribution in [0.15, 0.2) is 60.7 Å². The molecule has 1 fully saturated rings. The molecule has 3 aromatic carbocycles. The fraction of sp³-hybridized carbons (Fsp3) is 0.160. The van der Waals surface area contributed by atoms with E-state index in [0.29, 0.717) is 11.3 Å².